The standard InChI is InChI=1S/C14H28N4O2/c1-11(2)7-12(3)20-9-13(19)8-15-6-5-14-17-16-10-18(14)4/h10-13,15,19H,5-9H2,1-4H3. The van der Waals surface area contributed by atoms with E-state index in [4.69, 9.17) is 4.74 Å². The second kappa shape index (κ2) is 9.05. The summed E-state index contributed by atoms with van der Waals surface area (Å²) in [6.45, 7) is 8.07. The Bertz CT molecular complexity index is 368. The first kappa shape index (κ1) is 17.1. The van der Waals surface area contributed by atoms with Gasteiger partial charge < -0.3 is 19.7 Å². The summed E-state index contributed by atoms with van der Waals surface area (Å²) in [5, 5.41) is 20.9. The summed E-state index contributed by atoms with van der Waals surface area (Å²) in [7, 11) is 1.92. The van der Waals surface area contributed by atoms with Crippen LogP contribution >= 0.6 is 0 Å². The molecule has 6 heteroatoms. The van der Waals surface area contributed by atoms with Crippen molar-refractivity contribution in [3.05, 3.63) is 12.2 Å². The van der Waals surface area contributed by atoms with Crippen molar-refractivity contribution in [3.63, 3.8) is 0 Å². The van der Waals surface area contributed by atoms with E-state index in [2.05, 4.69) is 29.4 Å². The van der Waals surface area contributed by atoms with Gasteiger partial charge in [0.25, 0.3) is 0 Å². The van der Waals surface area contributed by atoms with Crippen LogP contribution in [0, 0.1) is 5.92 Å². The summed E-state index contributed by atoms with van der Waals surface area (Å²) in [4.78, 5) is 0. The second-order valence-corrected chi connectivity index (χ2v) is 5.74. The van der Waals surface area contributed by atoms with Crippen LogP contribution in [0.2, 0.25) is 0 Å². The fraction of sp³-hybridized carbons (Fsp3) is 0.857. The van der Waals surface area contributed by atoms with Gasteiger partial charge in [-0.15, -0.1) is 10.2 Å². The Morgan fingerprint density at radius 1 is 1.40 bits per heavy atom. The minimum atomic E-state index is -0.468. The number of hydrogen-bond acceptors (Lipinski definition) is 5. The molecule has 2 atom stereocenters. The number of aliphatic hydroxyl groups is 1. The molecule has 1 heterocycles. The van der Waals surface area contributed by atoms with Crippen molar-refractivity contribution >= 4 is 0 Å². The van der Waals surface area contributed by atoms with Gasteiger partial charge in [-0.25, -0.2) is 0 Å². The van der Waals surface area contributed by atoms with Gasteiger partial charge in [0.05, 0.1) is 18.8 Å². The van der Waals surface area contributed by atoms with Crippen molar-refractivity contribution in [1.29, 1.82) is 0 Å². The molecule has 0 aromatic carbocycles. The maximum absolute atomic E-state index is 9.82. The summed E-state index contributed by atoms with van der Waals surface area (Å²) in [6.07, 6.45) is 3.24. The summed E-state index contributed by atoms with van der Waals surface area (Å²) in [5.74, 6) is 1.56. The van der Waals surface area contributed by atoms with Gasteiger partial charge in [0.1, 0.15) is 12.2 Å². The molecule has 0 amide bonds. The van der Waals surface area contributed by atoms with Gasteiger partial charge in [-0.2, -0.15) is 0 Å². The topological polar surface area (TPSA) is 72.2 Å². The molecule has 6 nitrogen and oxygen atoms in total. The SMILES string of the molecule is CC(C)CC(C)OCC(O)CNCCc1nncn1C. The molecule has 2 unspecified atom stereocenters. The minimum Gasteiger partial charge on any atom is -0.389 e. The third-order valence-corrected chi connectivity index (χ3v) is 3.09. The lowest BCUT2D eigenvalue weighted by Gasteiger charge is -2.18. The number of aromatic nitrogens is 3. The third-order valence-electron chi connectivity index (χ3n) is 3.09. The third kappa shape index (κ3) is 6.98. The zero-order valence-electron chi connectivity index (χ0n) is 13.0. The lowest BCUT2D eigenvalue weighted by Crippen LogP contribution is -2.33. The highest BCUT2D eigenvalue weighted by Gasteiger charge is 2.09. The Labute approximate surface area is 121 Å². The van der Waals surface area contributed by atoms with Crippen molar-refractivity contribution < 1.29 is 9.84 Å². The fourth-order valence-electron chi connectivity index (χ4n) is 2.07. The predicted molar refractivity (Wildman–Crippen MR) is 78.5 cm³/mol. The van der Waals surface area contributed by atoms with Gasteiger partial charge in [0, 0.05) is 26.6 Å². The molecule has 0 bridgehead atoms. The molecule has 0 saturated heterocycles. The molecule has 0 spiro atoms. The van der Waals surface area contributed by atoms with Crippen LogP contribution in [0.4, 0.5) is 0 Å². The van der Waals surface area contributed by atoms with Crippen molar-refractivity contribution in [2.45, 2.75) is 45.8 Å². The number of rotatable bonds is 10. The van der Waals surface area contributed by atoms with Crippen molar-refractivity contribution in [1.82, 2.24) is 20.1 Å². The highest BCUT2D eigenvalue weighted by molar-refractivity contribution is 4.84. The quantitative estimate of drug-likeness (QED) is 0.621. The normalized spacial score (nSPS) is 14.7. The molecule has 1 aromatic heterocycles. The average molecular weight is 284 g/mol. The predicted octanol–water partition coefficient (Wildman–Crippen LogP) is 0.759. The van der Waals surface area contributed by atoms with Crippen LogP contribution < -0.4 is 5.32 Å². The van der Waals surface area contributed by atoms with E-state index in [1.54, 1.807) is 6.33 Å². The minimum absolute atomic E-state index is 0.197. The number of hydrogen-bond donors (Lipinski definition) is 2. The molecule has 1 aromatic rings. The summed E-state index contributed by atoms with van der Waals surface area (Å²) >= 11 is 0. The zero-order valence-corrected chi connectivity index (χ0v) is 13.0. The van der Waals surface area contributed by atoms with E-state index in [1.807, 2.05) is 18.5 Å². The molecule has 116 valence electrons. The Kier molecular flexibility index (Phi) is 7.72. The van der Waals surface area contributed by atoms with Gasteiger partial charge >= 0.3 is 0 Å². The molecule has 2 N–H and O–H groups in total. The number of aryl methyl sites for hydroxylation is 1. The molecule has 0 saturated carbocycles. The maximum atomic E-state index is 9.82. The van der Waals surface area contributed by atoms with Gasteiger partial charge in [-0.1, -0.05) is 13.8 Å². The Morgan fingerprint density at radius 3 is 2.75 bits per heavy atom. The van der Waals surface area contributed by atoms with Crippen LogP contribution in [0.25, 0.3) is 0 Å². The first-order valence-electron chi connectivity index (χ1n) is 7.32. The molecule has 1 rings (SSSR count). The Balaban J connectivity index is 2.05. The molecule has 20 heavy (non-hydrogen) atoms. The van der Waals surface area contributed by atoms with Crippen molar-refractivity contribution in [2.24, 2.45) is 13.0 Å². The summed E-state index contributed by atoms with van der Waals surface area (Å²) in [5.41, 5.74) is 0. The van der Waals surface area contributed by atoms with E-state index in [0.717, 1.165) is 25.2 Å². The summed E-state index contributed by atoms with van der Waals surface area (Å²) < 4.78 is 7.52. The second-order valence-electron chi connectivity index (χ2n) is 5.74. The van der Waals surface area contributed by atoms with Crippen LogP contribution in [0.5, 0.6) is 0 Å². The first-order valence-corrected chi connectivity index (χ1v) is 7.32. The maximum Gasteiger partial charge on any atom is 0.133 e. The van der Waals surface area contributed by atoms with E-state index in [0.29, 0.717) is 19.1 Å². The van der Waals surface area contributed by atoms with E-state index in [-0.39, 0.29) is 6.10 Å². The van der Waals surface area contributed by atoms with Gasteiger partial charge in [-0.3, -0.25) is 0 Å². The molecule has 0 radical (unpaired) electrons. The van der Waals surface area contributed by atoms with E-state index in [9.17, 15) is 5.11 Å². The van der Waals surface area contributed by atoms with Crippen LogP contribution in [0.1, 0.15) is 33.0 Å². The highest BCUT2D eigenvalue weighted by atomic mass is 16.5. The molecular weight excluding hydrogens is 256 g/mol. The van der Waals surface area contributed by atoms with Gasteiger partial charge in [-0.05, 0) is 19.3 Å². The highest BCUT2D eigenvalue weighted by Crippen LogP contribution is 2.07. The van der Waals surface area contributed by atoms with Crippen LogP contribution in [0.3, 0.4) is 0 Å². The smallest absolute Gasteiger partial charge is 0.133 e. The van der Waals surface area contributed by atoms with Crippen molar-refractivity contribution in [3.8, 4) is 0 Å². The summed E-state index contributed by atoms with van der Waals surface area (Å²) in [6, 6.07) is 0. The monoisotopic (exact) mass is 284 g/mol. The van der Waals surface area contributed by atoms with Gasteiger partial charge in [0.15, 0.2) is 0 Å². The zero-order chi connectivity index (χ0) is 15.0. The number of ether oxygens (including phenoxy) is 1. The molecule has 0 aliphatic carbocycles. The fourth-order valence-corrected chi connectivity index (χ4v) is 2.07. The molecule has 0 fully saturated rings. The van der Waals surface area contributed by atoms with E-state index >= 15 is 0 Å². The number of nitrogens with zero attached hydrogens (tertiary/aromatic N) is 3. The number of nitrogens with one attached hydrogen (secondary N) is 1. The Morgan fingerprint density at radius 2 is 2.15 bits per heavy atom. The lowest BCUT2D eigenvalue weighted by molar-refractivity contribution is -0.00840. The van der Waals surface area contributed by atoms with E-state index in [1.165, 1.54) is 0 Å². The van der Waals surface area contributed by atoms with Crippen LogP contribution in [0.15, 0.2) is 6.33 Å². The molecule has 0 aliphatic rings. The Hall–Kier alpha value is -0.980. The molecular formula is C14H28N4O2. The van der Waals surface area contributed by atoms with E-state index < -0.39 is 6.10 Å². The average Bonchev–Trinajstić information content (AvgIpc) is 2.77. The first-order chi connectivity index (χ1) is 9.49. The van der Waals surface area contributed by atoms with Crippen LogP contribution in [-0.2, 0) is 18.2 Å². The largest absolute Gasteiger partial charge is 0.389 e. The van der Waals surface area contributed by atoms with Crippen LogP contribution in [-0.4, -0.2) is 51.8 Å². The van der Waals surface area contributed by atoms with Gasteiger partial charge in [0.2, 0.25) is 0 Å². The lowest BCUT2D eigenvalue weighted by atomic mass is 10.1. The van der Waals surface area contributed by atoms with Crippen molar-refractivity contribution in [2.75, 3.05) is 19.7 Å². The molecule has 0 aliphatic heterocycles. The number of aliphatic hydroxyl groups excluding tert-OH is 1.